The average Bonchev–Trinajstić information content (AvgIpc) is 2.66. The van der Waals surface area contributed by atoms with Crippen molar-refractivity contribution in [2.45, 2.75) is 12.8 Å². The van der Waals surface area contributed by atoms with Crippen molar-refractivity contribution in [1.29, 1.82) is 0 Å². The lowest BCUT2D eigenvalue weighted by Gasteiger charge is -2.24. The summed E-state index contributed by atoms with van der Waals surface area (Å²) in [5, 5.41) is 11.9. The zero-order valence-electron chi connectivity index (χ0n) is 14.4. The number of allylic oxidation sites excluding steroid dienone is 2. The Morgan fingerprint density at radius 1 is 0.923 bits per heavy atom. The maximum Gasteiger partial charge on any atom is 0.337 e. The molecule has 0 aliphatic heterocycles. The second-order valence-corrected chi connectivity index (χ2v) is 5.77. The van der Waals surface area contributed by atoms with Crippen molar-refractivity contribution in [2.24, 2.45) is 11.8 Å². The predicted molar refractivity (Wildman–Crippen MR) is 90.7 cm³/mol. The zero-order chi connectivity index (χ0) is 19.3. The molecular weight excluding hydrogens is 342 g/mol. The molecule has 26 heavy (non-hydrogen) atoms. The van der Waals surface area contributed by atoms with Gasteiger partial charge in [0.1, 0.15) is 0 Å². The second-order valence-electron chi connectivity index (χ2n) is 5.77. The van der Waals surface area contributed by atoms with E-state index in [2.05, 4.69) is 14.8 Å². The Kier molecular flexibility index (Phi) is 6.11. The van der Waals surface area contributed by atoms with Crippen LogP contribution < -0.4 is 5.32 Å². The van der Waals surface area contributed by atoms with E-state index in [4.69, 9.17) is 0 Å². The molecule has 1 amide bonds. The van der Waals surface area contributed by atoms with Gasteiger partial charge in [0.2, 0.25) is 5.91 Å². The Bertz CT molecular complexity index is 735. The topological polar surface area (TPSA) is 119 Å². The molecule has 0 saturated carbocycles. The van der Waals surface area contributed by atoms with E-state index in [0.29, 0.717) is 6.42 Å². The summed E-state index contributed by atoms with van der Waals surface area (Å²) in [6, 6.07) is 3.99. The van der Waals surface area contributed by atoms with Gasteiger partial charge in [0, 0.05) is 5.69 Å². The standard InChI is InChI=1S/C18H19NO7/c1-25-17(23)10-7-11(18(24)26-2)9-12(8-10)19-15(20)13-5-3-4-6-14(13)16(21)22/h3-4,7-9,13-14H,5-6H2,1-2H3,(H,19,20)(H,21,22)/t13-,14-/m0/s1. The van der Waals surface area contributed by atoms with Crippen LogP contribution in [0.2, 0.25) is 0 Å². The number of carbonyl (C=O) groups excluding carboxylic acids is 3. The molecule has 2 rings (SSSR count). The Morgan fingerprint density at radius 2 is 1.42 bits per heavy atom. The first-order chi connectivity index (χ1) is 12.4. The first-order valence-corrected chi connectivity index (χ1v) is 7.87. The summed E-state index contributed by atoms with van der Waals surface area (Å²) in [5.41, 5.74) is 0.296. The van der Waals surface area contributed by atoms with Gasteiger partial charge in [0.25, 0.3) is 0 Å². The molecule has 2 atom stereocenters. The molecule has 8 heteroatoms. The van der Waals surface area contributed by atoms with Gasteiger partial charge in [-0.1, -0.05) is 12.2 Å². The van der Waals surface area contributed by atoms with E-state index < -0.39 is 35.7 Å². The Morgan fingerprint density at radius 3 is 1.88 bits per heavy atom. The smallest absolute Gasteiger partial charge is 0.337 e. The van der Waals surface area contributed by atoms with E-state index in [-0.39, 0.29) is 23.2 Å². The number of ether oxygens (including phenoxy) is 2. The van der Waals surface area contributed by atoms with E-state index in [1.807, 2.05) is 0 Å². The van der Waals surface area contributed by atoms with E-state index in [9.17, 15) is 24.3 Å². The molecule has 0 unspecified atom stereocenters. The van der Waals surface area contributed by atoms with E-state index in [1.165, 1.54) is 32.4 Å². The number of amides is 1. The number of rotatable bonds is 5. The number of carboxylic acid groups (broad SMARTS) is 1. The van der Waals surface area contributed by atoms with Crippen LogP contribution in [0.25, 0.3) is 0 Å². The third-order valence-corrected chi connectivity index (χ3v) is 4.13. The summed E-state index contributed by atoms with van der Waals surface area (Å²) in [5.74, 6) is -4.50. The molecule has 0 bridgehead atoms. The molecular formula is C18H19NO7. The van der Waals surface area contributed by atoms with Crippen molar-refractivity contribution in [2.75, 3.05) is 19.5 Å². The van der Waals surface area contributed by atoms with Gasteiger partial charge in [-0.25, -0.2) is 9.59 Å². The monoisotopic (exact) mass is 361 g/mol. The van der Waals surface area contributed by atoms with Gasteiger partial charge in [-0.2, -0.15) is 0 Å². The second kappa shape index (κ2) is 8.28. The summed E-state index contributed by atoms with van der Waals surface area (Å²) in [6.45, 7) is 0. The fourth-order valence-corrected chi connectivity index (χ4v) is 2.78. The molecule has 0 spiro atoms. The number of carbonyl (C=O) groups is 4. The first-order valence-electron chi connectivity index (χ1n) is 7.87. The average molecular weight is 361 g/mol. The quantitative estimate of drug-likeness (QED) is 0.607. The van der Waals surface area contributed by atoms with Crippen molar-refractivity contribution < 1.29 is 33.8 Å². The lowest BCUT2D eigenvalue weighted by Crippen LogP contribution is -2.34. The number of hydrogen-bond donors (Lipinski definition) is 2. The van der Waals surface area contributed by atoms with Crippen LogP contribution in [0.3, 0.4) is 0 Å². The summed E-state index contributed by atoms with van der Waals surface area (Å²) < 4.78 is 9.28. The van der Waals surface area contributed by atoms with E-state index in [0.717, 1.165) is 0 Å². The molecule has 0 heterocycles. The molecule has 0 aromatic heterocycles. The van der Waals surface area contributed by atoms with Crippen LogP contribution in [-0.2, 0) is 19.1 Å². The van der Waals surface area contributed by atoms with Gasteiger partial charge in [0.15, 0.2) is 0 Å². The molecule has 1 aromatic rings. The van der Waals surface area contributed by atoms with Crippen LogP contribution in [0.5, 0.6) is 0 Å². The van der Waals surface area contributed by atoms with Crippen LogP contribution in [0.15, 0.2) is 30.4 Å². The van der Waals surface area contributed by atoms with Crippen molar-refractivity contribution in [3.05, 3.63) is 41.5 Å². The van der Waals surface area contributed by atoms with Crippen LogP contribution in [0.4, 0.5) is 5.69 Å². The fourth-order valence-electron chi connectivity index (χ4n) is 2.78. The van der Waals surface area contributed by atoms with Crippen LogP contribution >= 0.6 is 0 Å². The van der Waals surface area contributed by atoms with Crippen molar-refractivity contribution >= 4 is 29.5 Å². The maximum atomic E-state index is 12.5. The maximum absolute atomic E-state index is 12.5. The molecule has 138 valence electrons. The summed E-state index contributed by atoms with van der Waals surface area (Å²) in [7, 11) is 2.38. The number of methoxy groups -OCH3 is 2. The highest BCUT2D eigenvalue weighted by Gasteiger charge is 2.34. The molecule has 0 radical (unpaired) electrons. The third kappa shape index (κ3) is 4.27. The van der Waals surface area contributed by atoms with E-state index >= 15 is 0 Å². The third-order valence-electron chi connectivity index (χ3n) is 4.13. The zero-order valence-corrected chi connectivity index (χ0v) is 14.4. The lowest BCUT2D eigenvalue weighted by molar-refractivity contribution is -0.146. The highest BCUT2D eigenvalue weighted by atomic mass is 16.5. The van der Waals surface area contributed by atoms with Crippen molar-refractivity contribution in [3.8, 4) is 0 Å². The van der Waals surface area contributed by atoms with Gasteiger partial charge >= 0.3 is 17.9 Å². The lowest BCUT2D eigenvalue weighted by atomic mass is 9.82. The summed E-state index contributed by atoms with van der Waals surface area (Å²) >= 11 is 0. The molecule has 1 aromatic carbocycles. The van der Waals surface area contributed by atoms with Crippen LogP contribution in [0.1, 0.15) is 33.6 Å². The minimum absolute atomic E-state index is 0.0593. The number of benzene rings is 1. The largest absolute Gasteiger partial charge is 0.481 e. The van der Waals surface area contributed by atoms with E-state index in [1.54, 1.807) is 12.2 Å². The van der Waals surface area contributed by atoms with Gasteiger partial charge in [-0.3, -0.25) is 9.59 Å². The summed E-state index contributed by atoms with van der Waals surface area (Å²) in [4.78, 5) is 47.5. The van der Waals surface area contributed by atoms with Gasteiger partial charge in [-0.15, -0.1) is 0 Å². The van der Waals surface area contributed by atoms with Gasteiger partial charge in [-0.05, 0) is 31.0 Å². The SMILES string of the molecule is COC(=O)c1cc(NC(=O)[C@H]2CC=CC[C@@H]2C(=O)O)cc(C(=O)OC)c1. The molecule has 1 aliphatic rings. The molecule has 1 aliphatic carbocycles. The molecule has 8 nitrogen and oxygen atoms in total. The number of nitrogens with one attached hydrogen (secondary N) is 1. The number of esters is 2. The van der Waals surface area contributed by atoms with Gasteiger partial charge in [0.05, 0.1) is 37.2 Å². The van der Waals surface area contributed by atoms with Gasteiger partial charge < -0.3 is 19.9 Å². The fraction of sp³-hybridized carbons (Fsp3) is 0.333. The van der Waals surface area contributed by atoms with Crippen molar-refractivity contribution in [3.63, 3.8) is 0 Å². The number of hydrogen-bond acceptors (Lipinski definition) is 6. The molecule has 0 fully saturated rings. The highest BCUT2D eigenvalue weighted by molar-refractivity contribution is 6.00. The predicted octanol–water partition coefficient (Wildman–Crippen LogP) is 1.87. The first kappa shape index (κ1) is 19.2. The molecule has 2 N–H and O–H groups in total. The normalized spacial score (nSPS) is 18.7. The Balaban J connectivity index is 2.30. The van der Waals surface area contributed by atoms with Crippen LogP contribution in [0, 0.1) is 11.8 Å². The number of anilines is 1. The number of carboxylic acids is 1. The Labute approximate surface area is 149 Å². The van der Waals surface area contributed by atoms with Crippen LogP contribution in [-0.4, -0.2) is 43.1 Å². The Hall–Kier alpha value is -3.16. The minimum atomic E-state index is -1.05. The molecule has 0 saturated heterocycles. The minimum Gasteiger partial charge on any atom is -0.481 e. The van der Waals surface area contributed by atoms with Crippen molar-refractivity contribution in [1.82, 2.24) is 0 Å². The summed E-state index contributed by atoms with van der Waals surface area (Å²) in [6.07, 6.45) is 4.05. The highest BCUT2D eigenvalue weighted by Crippen LogP contribution is 2.28. The number of aliphatic carboxylic acids is 1.